The summed E-state index contributed by atoms with van der Waals surface area (Å²) in [5.41, 5.74) is 5.15. The van der Waals surface area contributed by atoms with Gasteiger partial charge in [-0.05, 0) is 48.3 Å². The van der Waals surface area contributed by atoms with Crippen molar-refractivity contribution >= 4 is 0 Å². The maximum Gasteiger partial charge on any atom is 0.0702 e. The second kappa shape index (κ2) is 12.9. The number of hydrogen-bond acceptors (Lipinski definition) is 1. The van der Waals surface area contributed by atoms with Crippen molar-refractivity contribution in [1.29, 1.82) is 0 Å². The number of unbranched alkanes of at least 4 members (excludes halogenated alkanes) is 4. The zero-order chi connectivity index (χ0) is 21.0. The van der Waals surface area contributed by atoms with Gasteiger partial charge < -0.3 is 0 Å². The van der Waals surface area contributed by atoms with E-state index in [9.17, 15) is 0 Å². The summed E-state index contributed by atoms with van der Waals surface area (Å²) in [7, 11) is 0. The predicted octanol–water partition coefficient (Wildman–Crippen LogP) is 8.80. The highest BCUT2D eigenvalue weighted by molar-refractivity contribution is 5.59. The van der Waals surface area contributed by atoms with Gasteiger partial charge in [-0.1, -0.05) is 115 Å². The fourth-order valence-corrected chi connectivity index (χ4v) is 5.09. The molecular weight excluding hydrogens is 362 g/mol. The standard InChI is InChI=1S/C29H43N/c1-3-5-6-7-8-10-24-11-13-25(14-12-24)15-16-26-17-20-28(21-18-26)29-22-19-27(9-4-2)23-30-29/h17-25H,3-16H2,1-2H3. The molecule has 1 aromatic carbocycles. The fourth-order valence-electron chi connectivity index (χ4n) is 5.09. The average molecular weight is 406 g/mol. The third-order valence-electron chi connectivity index (χ3n) is 7.14. The molecule has 2 aromatic rings. The Morgan fingerprint density at radius 2 is 1.33 bits per heavy atom. The van der Waals surface area contributed by atoms with Crippen molar-refractivity contribution in [2.24, 2.45) is 11.8 Å². The smallest absolute Gasteiger partial charge is 0.0702 e. The summed E-state index contributed by atoms with van der Waals surface area (Å²) in [6, 6.07) is 13.5. The van der Waals surface area contributed by atoms with E-state index in [1.54, 1.807) is 0 Å². The van der Waals surface area contributed by atoms with Crippen LogP contribution >= 0.6 is 0 Å². The first-order valence-electron chi connectivity index (χ1n) is 12.8. The monoisotopic (exact) mass is 405 g/mol. The van der Waals surface area contributed by atoms with Crippen molar-refractivity contribution in [2.45, 2.75) is 104 Å². The number of aryl methyl sites for hydroxylation is 2. The molecule has 0 N–H and O–H groups in total. The Kier molecular flexibility index (Phi) is 9.93. The van der Waals surface area contributed by atoms with Crippen LogP contribution in [0.25, 0.3) is 11.3 Å². The molecule has 0 aliphatic heterocycles. The van der Waals surface area contributed by atoms with E-state index in [0.29, 0.717) is 0 Å². The van der Waals surface area contributed by atoms with E-state index < -0.39 is 0 Å². The lowest BCUT2D eigenvalue weighted by Crippen LogP contribution is -2.15. The summed E-state index contributed by atoms with van der Waals surface area (Å²) in [6.45, 7) is 4.52. The lowest BCUT2D eigenvalue weighted by Gasteiger charge is -2.28. The van der Waals surface area contributed by atoms with Crippen LogP contribution in [0.15, 0.2) is 42.6 Å². The van der Waals surface area contributed by atoms with E-state index in [1.165, 1.54) is 100 Å². The summed E-state index contributed by atoms with van der Waals surface area (Å²) in [6.07, 6.45) is 21.5. The molecule has 0 amide bonds. The summed E-state index contributed by atoms with van der Waals surface area (Å²) in [5.74, 6) is 1.98. The molecule has 0 spiro atoms. The lowest BCUT2D eigenvalue weighted by atomic mass is 9.77. The number of rotatable bonds is 12. The number of benzene rings is 1. The van der Waals surface area contributed by atoms with Gasteiger partial charge in [0.1, 0.15) is 0 Å². The van der Waals surface area contributed by atoms with E-state index in [0.717, 1.165) is 24.0 Å². The van der Waals surface area contributed by atoms with Gasteiger partial charge in [0.05, 0.1) is 5.69 Å². The van der Waals surface area contributed by atoms with E-state index in [1.807, 2.05) is 6.20 Å². The normalized spacial score (nSPS) is 19.1. The average Bonchev–Trinajstić information content (AvgIpc) is 2.79. The van der Waals surface area contributed by atoms with Gasteiger partial charge >= 0.3 is 0 Å². The van der Waals surface area contributed by atoms with Crippen LogP contribution in [0.2, 0.25) is 0 Å². The molecule has 0 unspecified atom stereocenters. The lowest BCUT2D eigenvalue weighted by molar-refractivity contribution is 0.248. The van der Waals surface area contributed by atoms with Crippen molar-refractivity contribution in [1.82, 2.24) is 4.98 Å². The molecule has 3 rings (SSSR count). The van der Waals surface area contributed by atoms with E-state index in [4.69, 9.17) is 0 Å². The molecule has 1 aliphatic carbocycles. The third-order valence-corrected chi connectivity index (χ3v) is 7.14. The number of hydrogen-bond donors (Lipinski definition) is 0. The van der Waals surface area contributed by atoms with Gasteiger partial charge in [-0.15, -0.1) is 0 Å². The van der Waals surface area contributed by atoms with Gasteiger partial charge in [-0.3, -0.25) is 4.98 Å². The summed E-state index contributed by atoms with van der Waals surface area (Å²) in [5, 5.41) is 0. The molecule has 1 heteroatoms. The molecule has 1 aromatic heterocycles. The number of nitrogens with zero attached hydrogens (tertiary/aromatic N) is 1. The Morgan fingerprint density at radius 3 is 1.97 bits per heavy atom. The SMILES string of the molecule is CCCCCCCC1CCC(CCc2ccc(-c3ccc(CCC)cn3)cc2)CC1. The van der Waals surface area contributed by atoms with Crippen LogP contribution in [0.4, 0.5) is 0 Å². The Hall–Kier alpha value is -1.63. The van der Waals surface area contributed by atoms with Crippen molar-refractivity contribution < 1.29 is 0 Å². The summed E-state index contributed by atoms with van der Waals surface area (Å²) >= 11 is 0. The molecule has 0 saturated heterocycles. The highest BCUT2D eigenvalue weighted by atomic mass is 14.7. The first-order valence-corrected chi connectivity index (χ1v) is 12.8. The first-order chi connectivity index (χ1) is 14.8. The van der Waals surface area contributed by atoms with Crippen LogP contribution in [0.1, 0.15) is 102 Å². The Balaban J connectivity index is 1.36. The first kappa shape index (κ1) is 23.0. The second-order valence-electron chi connectivity index (χ2n) is 9.63. The molecule has 1 saturated carbocycles. The fraction of sp³-hybridized carbons (Fsp3) is 0.621. The zero-order valence-corrected chi connectivity index (χ0v) is 19.5. The molecule has 1 aliphatic rings. The zero-order valence-electron chi connectivity index (χ0n) is 19.5. The van der Waals surface area contributed by atoms with Gasteiger partial charge in [-0.25, -0.2) is 0 Å². The minimum atomic E-state index is 0.953. The predicted molar refractivity (Wildman–Crippen MR) is 131 cm³/mol. The number of pyridine rings is 1. The molecule has 1 nitrogen and oxygen atoms in total. The van der Waals surface area contributed by atoms with Gasteiger partial charge in [0.25, 0.3) is 0 Å². The van der Waals surface area contributed by atoms with Gasteiger partial charge in [-0.2, -0.15) is 0 Å². The maximum absolute atomic E-state index is 4.66. The molecule has 30 heavy (non-hydrogen) atoms. The summed E-state index contributed by atoms with van der Waals surface area (Å²) < 4.78 is 0. The van der Waals surface area contributed by atoms with Crippen molar-refractivity contribution in [3.8, 4) is 11.3 Å². The van der Waals surface area contributed by atoms with Crippen LogP contribution in [-0.2, 0) is 12.8 Å². The van der Waals surface area contributed by atoms with Crippen LogP contribution in [0.5, 0.6) is 0 Å². The van der Waals surface area contributed by atoms with Gasteiger partial charge in [0, 0.05) is 11.8 Å². The number of aromatic nitrogens is 1. The Bertz CT molecular complexity index is 692. The van der Waals surface area contributed by atoms with Crippen molar-refractivity contribution in [3.63, 3.8) is 0 Å². The molecule has 0 bridgehead atoms. The van der Waals surface area contributed by atoms with Gasteiger partial charge in [0.15, 0.2) is 0 Å². The highest BCUT2D eigenvalue weighted by Gasteiger charge is 2.20. The largest absolute Gasteiger partial charge is 0.256 e. The van der Waals surface area contributed by atoms with Crippen LogP contribution in [-0.4, -0.2) is 4.98 Å². The second-order valence-corrected chi connectivity index (χ2v) is 9.63. The highest BCUT2D eigenvalue weighted by Crippen LogP contribution is 2.34. The van der Waals surface area contributed by atoms with E-state index in [2.05, 4.69) is 55.2 Å². The molecule has 164 valence electrons. The topological polar surface area (TPSA) is 12.9 Å². The van der Waals surface area contributed by atoms with Crippen LogP contribution in [0.3, 0.4) is 0 Å². The maximum atomic E-state index is 4.66. The minimum Gasteiger partial charge on any atom is -0.256 e. The quantitative estimate of drug-likeness (QED) is 0.321. The van der Waals surface area contributed by atoms with Crippen LogP contribution in [0, 0.1) is 11.8 Å². The van der Waals surface area contributed by atoms with Crippen LogP contribution < -0.4 is 0 Å². The van der Waals surface area contributed by atoms with Crippen molar-refractivity contribution in [2.75, 3.05) is 0 Å². The van der Waals surface area contributed by atoms with Gasteiger partial charge in [0.2, 0.25) is 0 Å². The molecule has 1 fully saturated rings. The minimum absolute atomic E-state index is 0.953. The van der Waals surface area contributed by atoms with E-state index >= 15 is 0 Å². The molecule has 1 heterocycles. The molecular formula is C29H43N. The Labute approximate surface area is 185 Å². The molecule has 0 atom stereocenters. The molecule has 0 radical (unpaired) electrons. The van der Waals surface area contributed by atoms with E-state index in [-0.39, 0.29) is 0 Å². The summed E-state index contributed by atoms with van der Waals surface area (Å²) in [4.78, 5) is 4.66. The third kappa shape index (κ3) is 7.56. The Morgan fingerprint density at radius 1 is 0.667 bits per heavy atom. The van der Waals surface area contributed by atoms with Crippen molar-refractivity contribution in [3.05, 3.63) is 53.7 Å².